The summed E-state index contributed by atoms with van der Waals surface area (Å²) in [6.07, 6.45) is 0. The molecule has 0 aromatic heterocycles. The first-order valence-corrected chi connectivity index (χ1v) is 5.06. The van der Waals surface area contributed by atoms with Crippen molar-refractivity contribution >= 4 is 51.2 Å². The van der Waals surface area contributed by atoms with Gasteiger partial charge in [0.2, 0.25) is 0 Å². The molecule has 0 aliphatic heterocycles. The molecule has 2 nitrogen and oxygen atoms in total. The van der Waals surface area contributed by atoms with Crippen LogP contribution >= 0.6 is 45.2 Å². The molecule has 0 amide bonds. The molecule has 0 bridgehead atoms. The van der Waals surface area contributed by atoms with Crippen molar-refractivity contribution in [1.29, 1.82) is 0 Å². The molecule has 1 rings (SSSR count). The maximum Gasteiger partial charge on any atom is 0.335 e. The topological polar surface area (TPSA) is 37.3 Å². The van der Waals surface area contributed by atoms with Crippen LogP contribution in [-0.4, -0.2) is 11.1 Å². The van der Waals surface area contributed by atoms with E-state index in [1.54, 1.807) is 45.2 Å². The summed E-state index contributed by atoms with van der Waals surface area (Å²) in [5, 5.41) is 8.60. The summed E-state index contributed by atoms with van der Waals surface area (Å²) in [5.41, 5.74) is 0.116. The molecular formula is C7H3FI2O2. The van der Waals surface area contributed by atoms with E-state index >= 15 is 0 Å². The van der Waals surface area contributed by atoms with E-state index in [1.807, 2.05) is 0 Å². The average molecular weight is 392 g/mol. The fraction of sp³-hybridized carbons (Fsp3) is 0. The second kappa shape index (κ2) is 3.86. The third-order valence-corrected chi connectivity index (χ3v) is 2.80. The number of hydrogen-bond acceptors (Lipinski definition) is 1. The molecule has 64 valence electrons. The Morgan fingerprint density at radius 3 is 2.08 bits per heavy atom. The summed E-state index contributed by atoms with van der Waals surface area (Å²) in [6.45, 7) is 0. The predicted octanol–water partition coefficient (Wildman–Crippen LogP) is 2.73. The molecule has 1 aromatic rings. The van der Waals surface area contributed by atoms with Crippen LogP contribution in [0, 0.1) is 13.0 Å². The lowest BCUT2D eigenvalue weighted by Crippen LogP contribution is -1.99. The number of aromatic carboxylic acids is 1. The van der Waals surface area contributed by atoms with Gasteiger partial charge in [0.15, 0.2) is 0 Å². The van der Waals surface area contributed by atoms with Gasteiger partial charge in [0.05, 0.1) is 12.7 Å². The highest BCUT2D eigenvalue weighted by Gasteiger charge is 2.10. The van der Waals surface area contributed by atoms with Crippen LogP contribution in [0.1, 0.15) is 10.4 Å². The molecule has 0 heterocycles. The lowest BCUT2D eigenvalue weighted by atomic mass is 10.2. The van der Waals surface area contributed by atoms with Gasteiger partial charge < -0.3 is 5.11 Å². The number of carbonyl (C=O) groups is 1. The molecule has 0 fully saturated rings. The van der Waals surface area contributed by atoms with E-state index in [-0.39, 0.29) is 11.4 Å². The quantitative estimate of drug-likeness (QED) is 0.590. The summed E-state index contributed by atoms with van der Waals surface area (Å²) in [6, 6.07) is 2.61. The maximum absolute atomic E-state index is 13.0. The van der Waals surface area contributed by atoms with Gasteiger partial charge in [0.1, 0.15) is 5.82 Å². The van der Waals surface area contributed by atoms with Crippen molar-refractivity contribution in [3.8, 4) is 0 Å². The second-order valence-corrected chi connectivity index (χ2v) is 4.38. The molecule has 0 radical (unpaired) electrons. The molecular weight excluding hydrogens is 389 g/mol. The largest absolute Gasteiger partial charge is 0.478 e. The minimum absolute atomic E-state index is 0.116. The van der Waals surface area contributed by atoms with Gasteiger partial charge in [-0.3, -0.25) is 0 Å². The van der Waals surface area contributed by atoms with Crippen LogP contribution in [0.15, 0.2) is 12.1 Å². The van der Waals surface area contributed by atoms with Gasteiger partial charge in [-0.15, -0.1) is 0 Å². The van der Waals surface area contributed by atoms with E-state index in [4.69, 9.17) is 5.11 Å². The molecule has 12 heavy (non-hydrogen) atoms. The fourth-order valence-corrected chi connectivity index (χ4v) is 2.45. The van der Waals surface area contributed by atoms with Crippen LogP contribution in [0.3, 0.4) is 0 Å². The maximum atomic E-state index is 13.0. The molecule has 0 saturated heterocycles. The predicted molar refractivity (Wildman–Crippen MR) is 58.8 cm³/mol. The highest BCUT2D eigenvalue weighted by atomic mass is 127. The van der Waals surface area contributed by atoms with E-state index in [1.165, 1.54) is 12.1 Å². The van der Waals surface area contributed by atoms with Crippen molar-refractivity contribution in [2.24, 2.45) is 0 Å². The number of halogens is 3. The lowest BCUT2D eigenvalue weighted by Gasteiger charge is -1.99. The van der Waals surface area contributed by atoms with Gasteiger partial charge in [-0.1, -0.05) is 0 Å². The Hall–Kier alpha value is 0.0800. The van der Waals surface area contributed by atoms with Gasteiger partial charge in [-0.05, 0) is 57.3 Å². The van der Waals surface area contributed by atoms with E-state index in [2.05, 4.69) is 0 Å². The minimum atomic E-state index is -1.04. The molecule has 0 spiro atoms. The Balaban J connectivity index is 3.31. The Labute approximate surface area is 95.4 Å². The van der Waals surface area contributed by atoms with E-state index in [0.29, 0.717) is 7.14 Å². The summed E-state index contributed by atoms with van der Waals surface area (Å²) in [5.74, 6) is -1.40. The molecule has 1 aromatic carbocycles. The fourth-order valence-electron chi connectivity index (χ4n) is 0.679. The van der Waals surface area contributed by atoms with Gasteiger partial charge in [-0.25, -0.2) is 9.18 Å². The van der Waals surface area contributed by atoms with Crippen molar-refractivity contribution in [2.75, 3.05) is 0 Å². The Kier molecular flexibility index (Phi) is 3.27. The molecule has 0 aliphatic rings. The highest BCUT2D eigenvalue weighted by Crippen LogP contribution is 2.19. The summed E-state index contributed by atoms with van der Waals surface area (Å²) >= 11 is 3.53. The van der Waals surface area contributed by atoms with Crippen LogP contribution in [0.5, 0.6) is 0 Å². The molecule has 5 heteroatoms. The molecule has 0 aliphatic carbocycles. The summed E-state index contributed by atoms with van der Waals surface area (Å²) < 4.78 is 13.6. The summed E-state index contributed by atoms with van der Waals surface area (Å²) in [4.78, 5) is 10.5. The van der Waals surface area contributed by atoms with Gasteiger partial charge in [-0.2, -0.15) is 0 Å². The summed E-state index contributed by atoms with van der Waals surface area (Å²) in [7, 11) is 0. The minimum Gasteiger partial charge on any atom is -0.478 e. The average Bonchev–Trinajstić information content (AvgIpc) is 1.99. The van der Waals surface area contributed by atoms with E-state index in [0.717, 1.165) is 0 Å². The molecule has 0 unspecified atom stereocenters. The van der Waals surface area contributed by atoms with Crippen LogP contribution in [0.4, 0.5) is 4.39 Å². The first kappa shape index (κ1) is 10.2. The SMILES string of the molecule is O=C(O)c1cc(I)c(F)c(I)c1. The zero-order chi connectivity index (χ0) is 9.30. The Morgan fingerprint density at radius 1 is 1.33 bits per heavy atom. The first-order valence-electron chi connectivity index (χ1n) is 2.90. The van der Waals surface area contributed by atoms with E-state index in [9.17, 15) is 9.18 Å². The van der Waals surface area contributed by atoms with Crippen molar-refractivity contribution in [3.63, 3.8) is 0 Å². The smallest absolute Gasteiger partial charge is 0.335 e. The van der Waals surface area contributed by atoms with Gasteiger partial charge in [0, 0.05) is 0 Å². The molecule has 0 saturated carbocycles. The lowest BCUT2D eigenvalue weighted by molar-refractivity contribution is 0.0696. The zero-order valence-corrected chi connectivity index (χ0v) is 9.96. The van der Waals surface area contributed by atoms with E-state index < -0.39 is 5.97 Å². The Bertz CT molecular complexity index is 315. The number of carboxylic acids is 1. The zero-order valence-electron chi connectivity index (χ0n) is 5.64. The van der Waals surface area contributed by atoms with Crippen molar-refractivity contribution in [1.82, 2.24) is 0 Å². The van der Waals surface area contributed by atoms with Crippen LogP contribution in [-0.2, 0) is 0 Å². The number of hydrogen-bond donors (Lipinski definition) is 1. The number of carboxylic acid groups (broad SMARTS) is 1. The van der Waals surface area contributed by atoms with Gasteiger partial charge >= 0.3 is 5.97 Å². The number of benzene rings is 1. The standard InChI is InChI=1S/C7H3FI2O2/c8-6-4(9)1-3(7(11)12)2-5(6)10/h1-2H,(H,11,12). The second-order valence-electron chi connectivity index (χ2n) is 2.06. The van der Waals surface area contributed by atoms with Crippen LogP contribution < -0.4 is 0 Å². The van der Waals surface area contributed by atoms with Crippen molar-refractivity contribution in [3.05, 3.63) is 30.7 Å². The van der Waals surface area contributed by atoms with Gasteiger partial charge in [0.25, 0.3) is 0 Å². The monoisotopic (exact) mass is 392 g/mol. The van der Waals surface area contributed by atoms with Crippen molar-refractivity contribution < 1.29 is 14.3 Å². The first-order chi connectivity index (χ1) is 5.52. The molecule has 0 atom stereocenters. The normalized spacial score (nSPS) is 9.92. The van der Waals surface area contributed by atoms with Crippen LogP contribution in [0.25, 0.3) is 0 Å². The third-order valence-electron chi connectivity index (χ3n) is 1.23. The highest BCUT2D eigenvalue weighted by molar-refractivity contribution is 14.1. The Morgan fingerprint density at radius 2 is 1.75 bits per heavy atom. The van der Waals surface area contributed by atoms with Crippen LogP contribution in [0.2, 0.25) is 0 Å². The third kappa shape index (κ3) is 2.06. The van der Waals surface area contributed by atoms with Crippen molar-refractivity contribution in [2.45, 2.75) is 0 Å². The number of rotatable bonds is 1. The molecule has 1 N–H and O–H groups in total.